The van der Waals surface area contributed by atoms with Crippen molar-refractivity contribution in [3.8, 4) is 5.88 Å². The lowest BCUT2D eigenvalue weighted by atomic mass is 9.83. The lowest BCUT2D eigenvalue weighted by Crippen LogP contribution is -2.44. The molecule has 1 rings (SSSR count). The number of hydrogen-bond acceptors (Lipinski definition) is 6. The highest BCUT2D eigenvalue weighted by molar-refractivity contribution is 9.10. The number of nitrogens with zero attached hydrogens (tertiary/aromatic N) is 1. The summed E-state index contributed by atoms with van der Waals surface area (Å²) in [6.45, 7) is 7.24. The molecule has 22 heavy (non-hydrogen) atoms. The number of esters is 2. The molecular formula is C15H20BrNO5. The van der Waals surface area contributed by atoms with Crippen molar-refractivity contribution in [1.82, 2.24) is 4.98 Å². The summed E-state index contributed by atoms with van der Waals surface area (Å²) in [7, 11) is 0. The molecule has 1 aromatic heterocycles. The predicted octanol–water partition coefficient (Wildman–Crippen LogP) is 2.63. The first kappa shape index (κ1) is 18.4. The molecule has 0 amide bonds. The zero-order valence-electron chi connectivity index (χ0n) is 13.1. The van der Waals surface area contributed by atoms with E-state index in [4.69, 9.17) is 14.2 Å². The number of rotatable bonds is 7. The second kappa shape index (κ2) is 8.12. The zero-order chi connectivity index (χ0) is 16.8. The fourth-order valence-electron chi connectivity index (χ4n) is 1.89. The lowest BCUT2D eigenvalue weighted by molar-refractivity contribution is -0.164. The van der Waals surface area contributed by atoms with Crippen LogP contribution >= 0.6 is 15.9 Å². The van der Waals surface area contributed by atoms with Gasteiger partial charge < -0.3 is 14.2 Å². The van der Waals surface area contributed by atoms with Gasteiger partial charge in [-0.1, -0.05) is 0 Å². The van der Waals surface area contributed by atoms with E-state index in [9.17, 15) is 9.59 Å². The van der Waals surface area contributed by atoms with E-state index in [0.717, 1.165) is 0 Å². The molecular weight excluding hydrogens is 354 g/mol. The normalized spacial score (nSPS) is 11.0. The maximum Gasteiger partial charge on any atom is 0.327 e. The van der Waals surface area contributed by atoms with Gasteiger partial charge in [0.25, 0.3) is 0 Å². The monoisotopic (exact) mass is 373 g/mol. The third kappa shape index (κ3) is 3.76. The van der Waals surface area contributed by atoms with Crippen LogP contribution in [-0.4, -0.2) is 36.7 Å². The van der Waals surface area contributed by atoms with Gasteiger partial charge in [-0.15, -0.1) is 0 Å². The minimum absolute atomic E-state index is 0.152. The highest BCUT2D eigenvalue weighted by Gasteiger charge is 2.48. The Morgan fingerprint density at radius 1 is 1.14 bits per heavy atom. The molecule has 0 aromatic carbocycles. The molecule has 0 unspecified atom stereocenters. The third-order valence-corrected chi connectivity index (χ3v) is 3.44. The summed E-state index contributed by atoms with van der Waals surface area (Å²) >= 11 is 3.29. The van der Waals surface area contributed by atoms with Crippen molar-refractivity contribution in [2.24, 2.45) is 0 Å². The fraction of sp³-hybridized carbons (Fsp3) is 0.533. The molecule has 0 atom stereocenters. The number of ether oxygens (including phenoxy) is 3. The van der Waals surface area contributed by atoms with Gasteiger partial charge in [-0.3, -0.25) is 9.59 Å². The first-order chi connectivity index (χ1) is 10.4. The van der Waals surface area contributed by atoms with Gasteiger partial charge in [-0.05, 0) is 49.7 Å². The molecule has 7 heteroatoms. The zero-order valence-corrected chi connectivity index (χ0v) is 14.7. The number of halogens is 1. The van der Waals surface area contributed by atoms with E-state index >= 15 is 0 Å². The molecule has 122 valence electrons. The van der Waals surface area contributed by atoms with Gasteiger partial charge in [-0.25, -0.2) is 4.98 Å². The molecule has 0 aliphatic rings. The molecule has 0 saturated carbocycles. The van der Waals surface area contributed by atoms with E-state index in [1.165, 1.54) is 13.1 Å². The van der Waals surface area contributed by atoms with Gasteiger partial charge in [-0.2, -0.15) is 0 Å². The molecule has 0 spiro atoms. The smallest absolute Gasteiger partial charge is 0.327 e. The Labute approximate surface area is 138 Å². The standard InChI is InChI=1S/C15H20BrNO5/c1-5-20-12-11(8-10(16)9-17-12)15(4,13(18)21-6-2)14(19)22-7-3/h8-9H,5-7H2,1-4H3. The van der Waals surface area contributed by atoms with Crippen molar-refractivity contribution in [3.63, 3.8) is 0 Å². The van der Waals surface area contributed by atoms with Crippen LogP contribution < -0.4 is 4.74 Å². The summed E-state index contributed by atoms with van der Waals surface area (Å²) in [4.78, 5) is 29.0. The van der Waals surface area contributed by atoms with E-state index in [-0.39, 0.29) is 19.1 Å². The van der Waals surface area contributed by atoms with Crippen molar-refractivity contribution in [2.45, 2.75) is 33.1 Å². The summed E-state index contributed by atoms with van der Waals surface area (Å²) in [5.74, 6) is -1.20. The molecule has 6 nitrogen and oxygen atoms in total. The van der Waals surface area contributed by atoms with Crippen LogP contribution in [0.3, 0.4) is 0 Å². The summed E-state index contributed by atoms with van der Waals surface area (Å²) < 4.78 is 16.2. The lowest BCUT2D eigenvalue weighted by Gasteiger charge is -2.26. The molecule has 0 saturated heterocycles. The van der Waals surface area contributed by atoms with Gasteiger partial charge in [0.2, 0.25) is 5.88 Å². The highest BCUT2D eigenvalue weighted by Crippen LogP contribution is 2.35. The van der Waals surface area contributed by atoms with Crippen molar-refractivity contribution in [1.29, 1.82) is 0 Å². The van der Waals surface area contributed by atoms with Crippen molar-refractivity contribution in [2.75, 3.05) is 19.8 Å². The topological polar surface area (TPSA) is 74.7 Å². The van der Waals surface area contributed by atoms with E-state index in [1.54, 1.807) is 26.8 Å². The van der Waals surface area contributed by atoms with Crippen LogP contribution in [0.15, 0.2) is 16.7 Å². The van der Waals surface area contributed by atoms with Crippen LogP contribution in [-0.2, 0) is 24.5 Å². The molecule has 0 bridgehead atoms. The SMILES string of the molecule is CCOC(=O)C(C)(C(=O)OCC)c1cc(Br)cnc1OCC. The van der Waals surface area contributed by atoms with Crippen LogP contribution in [0.2, 0.25) is 0 Å². The molecule has 0 N–H and O–H groups in total. The van der Waals surface area contributed by atoms with Crippen LogP contribution in [0.1, 0.15) is 33.3 Å². The largest absolute Gasteiger partial charge is 0.478 e. The van der Waals surface area contributed by atoms with Crippen LogP contribution in [0.4, 0.5) is 0 Å². The minimum Gasteiger partial charge on any atom is -0.478 e. The number of aromatic nitrogens is 1. The van der Waals surface area contributed by atoms with E-state index in [0.29, 0.717) is 16.6 Å². The Morgan fingerprint density at radius 2 is 1.68 bits per heavy atom. The highest BCUT2D eigenvalue weighted by atomic mass is 79.9. The molecule has 1 heterocycles. The van der Waals surface area contributed by atoms with Gasteiger partial charge in [0.15, 0.2) is 5.41 Å². The average Bonchev–Trinajstić information content (AvgIpc) is 2.48. The number of carbonyl (C=O) groups is 2. The van der Waals surface area contributed by atoms with Gasteiger partial charge >= 0.3 is 11.9 Å². The molecule has 0 aliphatic heterocycles. The van der Waals surface area contributed by atoms with Crippen molar-refractivity contribution in [3.05, 3.63) is 22.3 Å². The summed E-state index contributed by atoms with van der Waals surface area (Å²) in [6.07, 6.45) is 1.53. The first-order valence-corrected chi connectivity index (χ1v) is 7.84. The second-order valence-electron chi connectivity index (χ2n) is 4.51. The fourth-order valence-corrected chi connectivity index (χ4v) is 2.22. The molecule has 0 aliphatic carbocycles. The summed E-state index contributed by atoms with van der Waals surface area (Å²) in [6, 6.07) is 1.62. The summed E-state index contributed by atoms with van der Waals surface area (Å²) in [5, 5.41) is 0. The van der Waals surface area contributed by atoms with Crippen LogP contribution in [0, 0.1) is 0 Å². The quantitative estimate of drug-likeness (QED) is 0.540. The first-order valence-electron chi connectivity index (χ1n) is 7.04. The van der Waals surface area contributed by atoms with Gasteiger partial charge in [0, 0.05) is 16.2 Å². The van der Waals surface area contributed by atoms with Crippen molar-refractivity contribution < 1.29 is 23.8 Å². The van der Waals surface area contributed by atoms with Crippen LogP contribution in [0.25, 0.3) is 0 Å². The molecule has 0 fully saturated rings. The van der Waals surface area contributed by atoms with Crippen molar-refractivity contribution >= 4 is 27.9 Å². The number of carbonyl (C=O) groups excluding carboxylic acids is 2. The Morgan fingerprint density at radius 3 is 2.14 bits per heavy atom. The predicted molar refractivity (Wildman–Crippen MR) is 83.7 cm³/mol. The Bertz CT molecular complexity index is 529. The Balaban J connectivity index is 3.47. The maximum atomic E-state index is 12.4. The van der Waals surface area contributed by atoms with E-state index in [2.05, 4.69) is 20.9 Å². The van der Waals surface area contributed by atoms with Gasteiger partial charge in [0.1, 0.15) is 0 Å². The van der Waals surface area contributed by atoms with E-state index < -0.39 is 17.4 Å². The number of hydrogen-bond donors (Lipinski definition) is 0. The number of pyridine rings is 1. The third-order valence-electron chi connectivity index (χ3n) is 3.00. The molecule has 1 aromatic rings. The van der Waals surface area contributed by atoms with Gasteiger partial charge in [0.05, 0.1) is 19.8 Å². The maximum absolute atomic E-state index is 12.4. The minimum atomic E-state index is -1.65. The van der Waals surface area contributed by atoms with Crippen LogP contribution in [0.5, 0.6) is 5.88 Å². The summed E-state index contributed by atoms with van der Waals surface area (Å²) in [5.41, 5.74) is -1.34. The Hall–Kier alpha value is -1.63. The average molecular weight is 374 g/mol. The second-order valence-corrected chi connectivity index (χ2v) is 5.42. The molecule has 0 radical (unpaired) electrons. The van der Waals surface area contributed by atoms with E-state index in [1.807, 2.05) is 0 Å². The Kier molecular flexibility index (Phi) is 6.80.